The van der Waals surface area contributed by atoms with E-state index >= 15 is 0 Å². The minimum absolute atomic E-state index is 0.142. The summed E-state index contributed by atoms with van der Waals surface area (Å²) in [5.74, 6) is 3.30. The Bertz CT molecular complexity index is 388. The highest BCUT2D eigenvalue weighted by molar-refractivity contribution is 7.98. The summed E-state index contributed by atoms with van der Waals surface area (Å²) in [6.45, 7) is 0. The summed E-state index contributed by atoms with van der Waals surface area (Å²) in [6, 6.07) is 0. The summed E-state index contributed by atoms with van der Waals surface area (Å²) in [6.07, 6.45) is 5.58. The van der Waals surface area contributed by atoms with Crippen molar-refractivity contribution in [2.45, 2.75) is 44.1 Å². The molecule has 3 rings (SSSR count). The molecule has 0 aliphatic heterocycles. The smallest absolute Gasteiger partial charge is 0.237 e. The lowest BCUT2D eigenvalue weighted by Crippen LogP contribution is -2.53. The molecule has 5 heteroatoms. The molecule has 3 aliphatic rings. The van der Waals surface area contributed by atoms with Crippen LogP contribution in [0, 0.1) is 5.41 Å². The predicted molar refractivity (Wildman–Crippen MR) is 64.4 cm³/mol. The second-order valence-corrected chi connectivity index (χ2v) is 7.65. The van der Waals surface area contributed by atoms with Crippen molar-refractivity contribution in [1.29, 1.82) is 0 Å². The molecule has 3 fully saturated rings. The second-order valence-electron chi connectivity index (χ2n) is 5.44. The van der Waals surface area contributed by atoms with Crippen LogP contribution in [-0.2, 0) is 14.5 Å². The van der Waals surface area contributed by atoms with Gasteiger partial charge in [0.2, 0.25) is 5.91 Å². The molecule has 0 saturated heterocycles. The van der Waals surface area contributed by atoms with Gasteiger partial charge in [0.25, 0.3) is 0 Å². The third-order valence-corrected chi connectivity index (χ3v) is 4.61. The highest BCUT2D eigenvalue weighted by atomic mass is 32.2. The number of hydrogen-bond donors (Lipinski definition) is 2. The van der Waals surface area contributed by atoms with E-state index in [2.05, 4.69) is 10.6 Å². The van der Waals surface area contributed by atoms with Crippen LogP contribution in [0.15, 0.2) is 0 Å². The summed E-state index contributed by atoms with van der Waals surface area (Å²) >= 11 is 0. The first-order chi connectivity index (χ1) is 7.25. The Morgan fingerprint density at radius 1 is 1.25 bits per heavy atom. The molecule has 1 amide bonds. The fourth-order valence-electron chi connectivity index (χ4n) is 2.81. The van der Waals surface area contributed by atoms with Crippen LogP contribution >= 0.6 is 0 Å². The third kappa shape index (κ3) is 2.11. The quantitative estimate of drug-likeness (QED) is 0.694. The average Bonchev–Trinajstić information content (AvgIpc) is 2.16. The zero-order valence-electron chi connectivity index (χ0n) is 9.62. The second kappa shape index (κ2) is 3.47. The Kier molecular flexibility index (Phi) is 2.58. The van der Waals surface area contributed by atoms with E-state index in [-0.39, 0.29) is 5.91 Å². The van der Waals surface area contributed by atoms with Gasteiger partial charge in [0.15, 0.2) is 0 Å². The topological polar surface area (TPSA) is 66.4 Å². The molecule has 0 aromatic rings. The van der Waals surface area contributed by atoms with E-state index in [9.17, 15) is 14.1 Å². The van der Waals surface area contributed by atoms with E-state index in [1.165, 1.54) is 6.26 Å². The van der Waals surface area contributed by atoms with Gasteiger partial charge in [-0.2, -0.15) is 0 Å². The molecule has 0 heterocycles. The molecule has 0 radical (unpaired) electrons. The van der Waals surface area contributed by atoms with Gasteiger partial charge in [0.05, 0.1) is 11.0 Å². The number of fused-ring (bicyclic) bond motifs is 3. The number of aliphatic hydroxyl groups is 1. The van der Waals surface area contributed by atoms with Crippen molar-refractivity contribution >= 4 is 21.5 Å². The van der Waals surface area contributed by atoms with Gasteiger partial charge >= 0.3 is 0 Å². The van der Waals surface area contributed by atoms with Crippen molar-refractivity contribution in [3.63, 3.8) is 0 Å². The standard InChI is InChI=1S/C11H19NO3S/c1-16(2,15)12-9(13)10-3-6-11(14,7-4-10)8-5-10/h14H,1,3-8H2,2H3,(H,12,13,15). The number of hydrogen-bond acceptors (Lipinski definition) is 3. The van der Waals surface area contributed by atoms with Crippen LogP contribution in [0.25, 0.3) is 0 Å². The van der Waals surface area contributed by atoms with Crippen molar-refractivity contribution in [1.82, 2.24) is 4.72 Å². The van der Waals surface area contributed by atoms with Crippen LogP contribution < -0.4 is 4.72 Å². The molecule has 0 spiro atoms. The van der Waals surface area contributed by atoms with Crippen LogP contribution in [0.2, 0.25) is 0 Å². The number of amides is 1. The van der Waals surface area contributed by atoms with Gasteiger partial charge < -0.3 is 5.11 Å². The Balaban J connectivity index is 2.13. The summed E-state index contributed by atoms with van der Waals surface area (Å²) in [4.78, 5) is 12.1. The van der Waals surface area contributed by atoms with Gasteiger partial charge in [-0.3, -0.25) is 9.52 Å². The minimum atomic E-state index is -2.48. The molecule has 3 saturated carbocycles. The first kappa shape index (κ1) is 11.9. The molecule has 1 atom stereocenters. The Morgan fingerprint density at radius 2 is 1.69 bits per heavy atom. The number of nitrogens with one attached hydrogen (secondary N) is 1. The van der Waals surface area contributed by atoms with Crippen molar-refractivity contribution < 1.29 is 14.1 Å². The summed E-state index contributed by atoms with van der Waals surface area (Å²) in [5.41, 5.74) is -0.943. The van der Waals surface area contributed by atoms with Gasteiger partial charge in [0.1, 0.15) is 0 Å². The Hall–Kier alpha value is -0.550. The van der Waals surface area contributed by atoms with Crippen molar-refractivity contribution in [3.8, 4) is 0 Å². The lowest BCUT2D eigenvalue weighted by atomic mass is 9.58. The van der Waals surface area contributed by atoms with Crippen molar-refractivity contribution in [2.24, 2.45) is 5.41 Å². The molecular weight excluding hydrogens is 226 g/mol. The maximum Gasteiger partial charge on any atom is 0.237 e. The van der Waals surface area contributed by atoms with Crippen LogP contribution in [0.5, 0.6) is 0 Å². The summed E-state index contributed by atoms with van der Waals surface area (Å²) < 4.78 is 14.0. The van der Waals surface area contributed by atoms with Crippen LogP contribution in [0.1, 0.15) is 38.5 Å². The van der Waals surface area contributed by atoms with Crippen LogP contribution in [0.4, 0.5) is 0 Å². The largest absolute Gasteiger partial charge is 0.390 e. The fourth-order valence-corrected chi connectivity index (χ4v) is 3.42. The van der Waals surface area contributed by atoms with E-state index < -0.39 is 20.7 Å². The zero-order valence-corrected chi connectivity index (χ0v) is 10.4. The van der Waals surface area contributed by atoms with E-state index in [4.69, 9.17) is 0 Å². The van der Waals surface area contributed by atoms with E-state index in [0.29, 0.717) is 38.5 Å². The molecule has 4 nitrogen and oxygen atoms in total. The lowest BCUT2D eigenvalue weighted by Gasteiger charge is -2.49. The molecule has 2 N–H and O–H groups in total. The van der Waals surface area contributed by atoms with E-state index in [1.807, 2.05) is 0 Å². The highest BCUT2D eigenvalue weighted by Crippen LogP contribution is 2.52. The first-order valence-corrected chi connectivity index (χ1v) is 7.75. The van der Waals surface area contributed by atoms with Crippen molar-refractivity contribution in [2.75, 3.05) is 6.26 Å². The summed E-state index contributed by atoms with van der Waals surface area (Å²) in [7, 11) is -2.48. The minimum Gasteiger partial charge on any atom is -0.390 e. The molecule has 0 aromatic carbocycles. The average molecular weight is 245 g/mol. The maximum atomic E-state index is 12.1. The maximum absolute atomic E-state index is 12.1. The highest BCUT2D eigenvalue weighted by Gasteiger charge is 2.51. The monoisotopic (exact) mass is 245 g/mol. The number of carbonyl (C=O) groups excluding carboxylic acids is 1. The lowest BCUT2D eigenvalue weighted by molar-refractivity contribution is -0.145. The Morgan fingerprint density at radius 3 is 2.06 bits per heavy atom. The van der Waals surface area contributed by atoms with Crippen LogP contribution in [0.3, 0.4) is 0 Å². The molecule has 2 bridgehead atoms. The SMILES string of the molecule is C=S(C)(=O)NC(=O)C12CCC(O)(CC1)CC2. The van der Waals surface area contributed by atoms with Gasteiger partial charge in [-0.25, -0.2) is 4.21 Å². The van der Waals surface area contributed by atoms with E-state index in [0.717, 1.165) is 0 Å². The van der Waals surface area contributed by atoms with Crippen LogP contribution in [-0.4, -0.2) is 32.9 Å². The molecule has 92 valence electrons. The van der Waals surface area contributed by atoms with Gasteiger partial charge in [0, 0.05) is 16.0 Å². The molecule has 1 unspecified atom stereocenters. The molecule has 0 aromatic heterocycles. The molecular formula is C11H19NO3S. The predicted octanol–water partition coefficient (Wildman–Crippen LogP) is 0.449. The number of carbonyl (C=O) groups is 1. The number of rotatable bonds is 2. The molecule has 16 heavy (non-hydrogen) atoms. The van der Waals surface area contributed by atoms with E-state index in [1.54, 1.807) is 0 Å². The van der Waals surface area contributed by atoms with Gasteiger partial charge in [-0.1, -0.05) is 0 Å². The first-order valence-electron chi connectivity index (χ1n) is 5.62. The Labute approximate surface area is 96.6 Å². The summed E-state index contributed by atoms with van der Waals surface area (Å²) in [5, 5.41) is 10.0. The molecule has 3 aliphatic carbocycles. The van der Waals surface area contributed by atoms with Gasteiger partial charge in [-0.15, -0.1) is 0 Å². The fraction of sp³-hybridized carbons (Fsp3) is 0.818. The normalized spacial score (nSPS) is 41.4. The zero-order chi connectivity index (χ0) is 12.0. The van der Waals surface area contributed by atoms with Crippen molar-refractivity contribution in [3.05, 3.63) is 0 Å². The van der Waals surface area contributed by atoms with Gasteiger partial charge in [-0.05, 0) is 44.4 Å². The third-order valence-electron chi connectivity index (χ3n) is 4.00.